The topological polar surface area (TPSA) is 127 Å². The number of carbonyl (C=O) groups excluding carboxylic acids is 1. The highest BCUT2D eigenvalue weighted by atomic mass is 19.3. The fourth-order valence-electron chi connectivity index (χ4n) is 3.79. The van der Waals surface area contributed by atoms with Crippen molar-refractivity contribution in [3.05, 3.63) is 35.2 Å². The van der Waals surface area contributed by atoms with Crippen LogP contribution in [0.25, 0.3) is 0 Å². The van der Waals surface area contributed by atoms with Gasteiger partial charge in [0.1, 0.15) is 5.75 Å². The Kier molecular flexibility index (Phi) is 8.95. The fourth-order valence-corrected chi connectivity index (χ4v) is 3.79. The maximum absolute atomic E-state index is 12.6. The highest BCUT2D eigenvalue weighted by Crippen LogP contribution is 2.27. The van der Waals surface area contributed by atoms with Crippen LogP contribution < -0.4 is 20.7 Å². The molecule has 1 aliphatic rings. The predicted molar refractivity (Wildman–Crippen MR) is 117 cm³/mol. The maximum Gasteiger partial charge on any atom is 0.324 e. The van der Waals surface area contributed by atoms with Crippen molar-refractivity contribution in [3.63, 3.8) is 0 Å². The Hall–Kier alpha value is -2.79. The van der Waals surface area contributed by atoms with Gasteiger partial charge >= 0.3 is 12.4 Å². The first kappa shape index (κ1) is 24.8. The molecule has 2 heterocycles. The number of piperidine rings is 1. The van der Waals surface area contributed by atoms with E-state index in [1.807, 2.05) is 17.9 Å². The summed E-state index contributed by atoms with van der Waals surface area (Å²) in [6.07, 6.45) is 0.248. The maximum atomic E-state index is 12.6. The summed E-state index contributed by atoms with van der Waals surface area (Å²) in [4.78, 5) is 17.8. The molecule has 33 heavy (non-hydrogen) atoms. The van der Waals surface area contributed by atoms with Gasteiger partial charge in [0.05, 0.1) is 12.7 Å². The number of anilines is 1. The lowest BCUT2D eigenvalue weighted by molar-refractivity contribution is 0.0919. The van der Waals surface area contributed by atoms with Gasteiger partial charge in [0.15, 0.2) is 0 Å². The minimum Gasteiger partial charge on any atom is -0.494 e. The minimum absolute atomic E-state index is 0.0893. The summed E-state index contributed by atoms with van der Waals surface area (Å²) in [7, 11) is 0. The van der Waals surface area contributed by atoms with E-state index in [-0.39, 0.29) is 25.0 Å². The first-order valence-electron chi connectivity index (χ1n) is 11.1. The Bertz CT molecular complexity index is 903. The second kappa shape index (κ2) is 11.9. The molecule has 11 heteroatoms. The van der Waals surface area contributed by atoms with Crippen molar-refractivity contribution >= 4 is 11.9 Å². The van der Waals surface area contributed by atoms with Crippen LogP contribution in [-0.2, 0) is 0 Å². The standard InChI is InChI=1S/C22H31F2N5O4/c1-14-11-17(4-5-18(14)21(31)26-13-16(30)12-25)32-10-2-3-15-6-8-29(9-7-15)22-27-20(19(23)24)28-33-22/h4-5,11,15-16,19,30H,2-3,6-10,12-13,25H2,1H3,(H,26,31)/t16-/m0/s1. The lowest BCUT2D eigenvalue weighted by Gasteiger charge is -2.30. The van der Waals surface area contributed by atoms with Crippen LogP contribution in [0.3, 0.4) is 0 Å². The number of hydrogen-bond donors (Lipinski definition) is 3. The number of alkyl halides is 2. The monoisotopic (exact) mass is 467 g/mol. The van der Waals surface area contributed by atoms with E-state index in [1.54, 1.807) is 12.1 Å². The van der Waals surface area contributed by atoms with Crippen molar-refractivity contribution in [3.8, 4) is 5.75 Å². The highest BCUT2D eigenvalue weighted by Gasteiger charge is 2.24. The molecular formula is C22H31F2N5O4. The number of nitrogens with one attached hydrogen (secondary N) is 1. The molecule has 1 saturated heterocycles. The molecule has 9 nitrogen and oxygen atoms in total. The highest BCUT2D eigenvalue weighted by molar-refractivity contribution is 5.95. The number of nitrogens with two attached hydrogens (primary N) is 1. The van der Waals surface area contributed by atoms with E-state index >= 15 is 0 Å². The van der Waals surface area contributed by atoms with E-state index in [4.69, 9.17) is 15.0 Å². The summed E-state index contributed by atoms with van der Waals surface area (Å²) in [6, 6.07) is 5.46. The second-order valence-electron chi connectivity index (χ2n) is 8.23. The number of rotatable bonds is 11. The minimum atomic E-state index is -2.73. The number of ether oxygens (including phenoxy) is 1. The van der Waals surface area contributed by atoms with Gasteiger partial charge in [0, 0.05) is 31.7 Å². The fraction of sp³-hybridized carbons (Fsp3) is 0.591. The number of halogens is 2. The molecule has 0 radical (unpaired) electrons. The van der Waals surface area contributed by atoms with Gasteiger partial charge in [-0.3, -0.25) is 4.79 Å². The summed E-state index contributed by atoms with van der Waals surface area (Å²) in [5, 5.41) is 15.4. The van der Waals surface area contributed by atoms with Gasteiger partial charge in [0.2, 0.25) is 5.82 Å². The Morgan fingerprint density at radius 2 is 2.15 bits per heavy atom. The Balaban J connectivity index is 1.36. The first-order chi connectivity index (χ1) is 15.9. The number of benzene rings is 1. The van der Waals surface area contributed by atoms with E-state index in [0.29, 0.717) is 36.9 Å². The van der Waals surface area contributed by atoms with Gasteiger partial charge in [-0.2, -0.15) is 4.98 Å². The molecule has 182 valence electrons. The summed E-state index contributed by atoms with van der Waals surface area (Å²) in [6.45, 7) is 3.99. The third-order valence-electron chi connectivity index (χ3n) is 5.75. The van der Waals surface area contributed by atoms with Crippen LogP contribution in [0.1, 0.15) is 53.9 Å². The molecule has 0 spiro atoms. The molecule has 0 aliphatic carbocycles. The van der Waals surface area contributed by atoms with E-state index in [9.17, 15) is 18.7 Å². The summed E-state index contributed by atoms with van der Waals surface area (Å²) >= 11 is 0. The van der Waals surface area contributed by atoms with Crippen molar-refractivity contribution < 1.29 is 27.9 Å². The smallest absolute Gasteiger partial charge is 0.324 e. The number of aliphatic hydroxyl groups excluding tert-OH is 1. The number of carbonyl (C=O) groups is 1. The average molecular weight is 468 g/mol. The molecule has 1 aliphatic heterocycles. The molecule has 0 unspecified atom stereocenters. The molecule has 2 aromatic rings. The molecular weight excluding hydrogens is 436 g/mol. The largest absolute Gasteiger partial charge is 0.494 e. The third-order valence-corrected chi connectivity index (χ3v) is 5.75. The zero-order chi connectivity index (χ0) is 23.8. The molecule has 1 amide bonds. The average Bonchev–Trinajstić information content (AvgIpc) is 3.31. The molecule has 3 rings (SSSR count). The third kappa shape index (κ3) is 7.10. The normalized spacial score (nSPS) is 15.6. The van der Waals surface area contributed by atoms with Crippen LogP contribution >= 0.6 is 0 Å². The summed E-state index contributed by atoms with van der Waals surface area (Å²) < 4.78 is 36.0. The van der Waals surface area contributed by atoms with Gasteiger partial charge in [0.25, 0.3) is 5.91 Å². The van der Waals surface area contributed by atoms with E-state index < -0.39 is 18.4 Å². The number of nitrogens with zero attached hydrogens (tertiary/aromatic N) is 3. The van der Waals surface area contributed by atoms with Crippen molar-refractivity contribution in [1.29, 1.82) is 0 Å². The number of hydrogen-bond acceptors (Lipinski definition) is 8. The zero-order valence-corrected chi connectivity index (χ0v) is 18.7. The number of aryl methyl sites for hydroxylation is 1. The van der Waals surface area contributed by atoms with Crippen molar-refractivity contribution in [2.45, 2.75) is 45.1 Å². The van der Waals surface area contributed by atoms with E-state index in [0.717, 1.165) is 31.2 Å². The Labute approximate surface area is 191 Å². The molecule has 1 aromatic carbocycles. The quantitative estimate of drug-likeness (QED) is 0.430. The van der Waals surface area contributed by atoms with Gasteiger partial charge in [-0.25, -0.2) is 8.78 Å². The van der Waals surface area contributed by atoms with E-state index in [2.05, 4.69) is 15.5 Å². The molecule has 1 aromatic heterocycles. The number of aliphatic hydroxyl groups is 1. The van der Waals surface area contributed by atoms with Crippen molar-refractivity contribution in [1.82, 2.24) is 15.5 Å². The second-order valence-corrected chi connectivity index (χ2v) is 8.23. The zero-order valence-electron chi connectivity index (χ0n) is 18.7. The molecule has 0 saturated carbocycles. The van der Waals surface area contributed by atoms with Crippen LogP contribution in [-0.4, -0.2) is 60.0 Å². The van der Waals surface area contributed by atoms with Gasteiger partial charge in [-0.1, -0.05) is 5.16 Å². The lowest BCUT2D eigenvalue weighted by Crippen LogP contribution is -2.36. The Morgan fingerprint density at radius 3 is 2.79 bits per heavy atom. The van der Waals surface area contributed by atoms with Crippen molar-refractivity contribution in [2.24, 2.45) is 11.7 Å². The van der Waals surface area contributed by atoms with Gasteiger partial charge < -0.3 is 30.3 Å². The van der Waals surface area contributed by atoms with Crippen LogP contribution in [0.2, 0.25) is 0 Å². The van der Waals surface area contributed by atoms with Crippen molar-refractivity contribution in [2.75, 3.05) is 37.7 Å². The van der Waals surface area contributed by atoms with Crippen LogP contribution in [0.15, 0.2) is 22.7 Å². The lowest BCUT2D eigenvalue weighted by atomic mass is 9.92. The van der Waals surface area contributed by atoms with E-state index in [1.165, 1.54) is 0 Å². The van der Waals surface area contributed by atoms with Crippen LogP contribution in [0.5, 0.6) is 5.75 Å². The summed E-state index contributed by atoms with van der Waals surface area (Å²) in [5.74, 6) is 0.397. The Morgan fingerprint density at radius 1 is 1.39 bits per heavy atom. The summed E-state index contributed by atoms with van der Waals surface area (Å²) in [5.41, 5.74) is 6.66. The van der Waals surface area contributed by atoms with Gasteiger partial charge in [-0.05, 0) is 62.3 Å². The molecule has 1 fully saturated rings. The number of amides is 1. The van der Waals surface area contributed by atoms with Gasteiger partial charge in [-0.15, -0.1) is 0 Å². The van der Waals surface area contributed by atoms with Crippen LogP contribution in [0.4, 0.5) is 14.8 Å². The van der Waals surface area contributed by atoms with Crippen LogP contribution in [0, 0.1) is 12.8 Å². The number of aromatic nitrogens is 2. The molecule has 0 bridgehead atoms. The predicted octanol–water partition coefficient (Wildman–Crippen LogP) is 2.44. The SMILES string of the molecule is Cc1cc(OCCCC2CCN(c3nc(C(F)F)no3)CC2)ccc1C(=O)NC[C@@H](O)CN. The molecule has 1 atom stereocenters. The first-order valence-corrected chi connectivity index (χ1v) is 11.1. The molecule has 4 N–H and O–H groups in total.